The van der Waals surface area contributed by atoms with Gasteiger partial charge in [0.05, 0.1) is 35.4 Å². The van der Waals surface area contributed by atoms with E-state index in [-0.39, 0.29) is 19.8 Å². The van der Waals surface area contributed by atoms with Gasteiger partial charge in [-0.1, -0.05) is 19.0 Å². The predicted molar refractivity (Wildman–Crippen MR) is 241 cm³/mol. The Morgan fingerprint density at radius 1 is 0.593 bits per heavy atom. The fourth-order valence-corrected chi connectivity index (χ4v) is 5.33. The third-order valence-electron chi connectivity index (χ3n) is 7.94. The van der Waals surface area contributed by atoms with Crippen molar-refractivity contribution < 1.29 is 0 Å². The van der Waals surface area contributed by atoms with E-state index in [1.54, 1.807) is 73.1 Å². The van der Waals surface area contributed by atoms with Crippen LogP contribution in [0, 0.1) is 73.0 Å². The number of hydrogen-bond acceptors (Lipinski definition) is 12. The molecule has 6 aromatic rings. The summed E-state index contributed by atoms with van der Waals surface area (Å²) >= 11 is 5.72. The maximum Gasteiger partial charge on any atom is 0.229 e. The van der Waals surface area contributed by atoms with Crippen molar-refractivity contribution in [2.24, 2.45) is 0 Å². The van der Waals surface area contributed by atoms with Gasteiger partial charge in [-0.25, -0.2) is 15.0 Å². The first-order valence-electron chi connectivity index (χ1n) is 17.2. The van der Waals surface area contributed by atoms with Crippen LogP contribution in [0.25, 0.3) is 12.2 Å². The number of nitrogens with zero attached hydrogens (tertiary/aromatic N) is 8. The van der Waals surface area contributed by atoms with Crippen LogP contribution in [0.3, 0.4) is 0 Å². The molecule has 5 N–H and O–H groups in total. The van der Waals surface area contributed by atoms with Gasteiger partial charge in [0.25, 0.3) is 0 Å². The van der Waals surface area contributed by atoms with E-state index < -0.39 is 0 Å². The standard InChI is InChI=1S/C22H18N6.C11H7ClN4.C11H12N2.CH4.ClH/c1-15-12-18(4-3-10-23)13-16(2)21(15)27-20-9-11-25-22(28-20)26-19-7-5-17(14-24)6-8-19;12-10-5-6-14-11(16-10)15-9-3-1-8(7-13)2-4-9;1-8-6-10(4-3-5-12)7-9(2)11(8)13;;/h3-9,11-13H,1-2H3,(H2,25,26,27,28);1-6H,(H,14,15,16);3-4,6-7H,13H2,1-2H3;1H4;1H/b4-3+;;4-3+;;. The highest BCUT2D eigenvalue weighted by molar-refractivity contribution is 6.29. The Labute approximate surface area is 356 Å². The van der Waals surface area contributed by atoms with Crippen LogP contribution in [0.5, 0.6) is 0 Å². The Morgan fingerprint density at radius 3 is 1.44 bits per heavy atom. The van der Waals surface area contributed by atoms with Crippen molar-refractivity contribution in [1.29, 1.82) is 21.0 Å². The molecule has 6 rings (SSSR count). The van der Waals surface area contributed by atoms with Crippen molar-refractivity contribution >= 4 is 76.6 Å². The Kier molecular flexibility index (Phi) is 19.3. The number of anilines is 7. The van der Waals surface area contributed by atoms with Gasteiger partial charge in [-0.2, -0.15) is 26.0 Å². The lowest BCUT2D eigenvalue weighted by Crippen LogP contribution is -2.02. The van der Waals surface area contributed by atoms with Gasteiger partial charge in [-0.15, -0.1) is 12.4 Å². The summed E-state index contributed by atoms with van der Waals surface area (Å²) < 4.78 is 0. The fraction of sp³-hybridized carbons (Fsp3) is 0.111. The molecule has 0 aliphatic rings. The minimum atomic E-state index is 0. The van der Waals surface area contributed by atoms with Crippen molar-refractivity contribution in [1.82, 2.24) is 19.9 Å². The molecule has 4 aromatic carbocycles. The average molecular weight is 822 g/mol. The largest absolute Gasteiger partial charge is 0.398 e. The van der Waals surface area contributed by atoms with Gasteiger partial charge in [0, 0.05) is 47.3 Å². The molecule has 0 amide bonds. The third kappa shape index (κ3) is 15.0. The van der Waals surface area contributed by atoms with E-state index in [2.05, 4.69) is 42.0 Å². The van der Waals surface area contributed by atoms with E-state index in [0.29, 0.717) is 34.0 Å². The number of aromatic nitrogens is 4. The topological polar surface area (TPSA) is 209 Å². The lowest BCUT2D eigenvalue weighted by Gasteiger charge is -2.14. The van der Waals surface area contributed by atoms with Gasteiger partial charge in [-0.05, 0) is 158 Å². The molecule has 2 heterocycles. The number of nitrogens with two attached hydrogens (primary N) is 1. The number of nitriles is 4. The molecular weight excluding hydrogens is 779 g/mol. The van der Waals surface area contributed by atoms with Crippen molar-refractivity contribution in [2.75, 3.05) is 21.7 Å². The average Bonchev–Trinajstić information content (AvgIpc) is 3.21. The van der Waals surface area contributed by atoms with Crippen molar-refractivity contribution in [2.45, 2.75) is 35.1 Å². The molecule has 0 saturated heterocycles. The first-order chi connectivity index (χ1) is 27.5. The molecule has 0 aliphatic carbocycles. The molecule has 0 fully saturated rings. The first kappa shape index (κ1) is 47.4. The minimum Gasteiger partial charge on any atom is -0.398 e. The SMILES string of the molecule is C.Cc1cc(/C=C/C#N)cc(C)c1N.Cc1cc(/C=C/C#N)cc(C)c1Nc1ccnc(Nc2ccc(C#N)cc2)n1.Cl.N#Cc1ccc(Nc2nccc(Cl)n2)cc1. The zero-order valence-electron chi connectivity index (χ0n) is 32.0. The number of nitrogens with one attached hydrogen (secondary N) is 3. The van der Waals surface area contributed by atoms with Gasteiger partial charge in [0.15, 0.2) is 0 Å². The van der Waals surface area contributed by atoms with E-state index >= 15 is 0 Å². The molecule has 14 heteroatoms. The number of hydrogen-bond donors (Lipinski definition) is 4. The first-order valence-corrected chi connectivity index (χ1v) is 17.6. The molecule has 59 heavy (non-hydrogen) atoms. The smallest absolute Gasteiger partial charge is 0.229 e. The number of halogens is 2. The van der Waals surface area contributed by atoms with Crippen LogP contribution in [0.4, 0.5) is 40.5 Å². The number of allylic oxidation sites excluding steroid dienone is 2. The summed E-state index contributed by atoms with van der Waals surface area (Å²) in [6.07, 6.45) is 9.74. The molecule has 296 valence electrons. The quantitative estimate of drug-likeness (QED) is 0.0642. The Balaban J connectivity index is 0.000000329. The van der Waals surface area contributed by atoms with E-state index in [4.69, 9.17) is 38.4 Å². The lowest BCUT2D eigenvalue weighted by atomic mass is 10.0. The highest BCUT2D eigenvalue weighted by Gasteiger charge is 2.07. The fourth-order valence-electron chi connectivity index (χ4n) is 5.19. The van der Waals surface area contributed by atoms with Crippen LogP contribution in [0.15, 0.2) is 109 Å². The van der Waals surface area contributed by atoms with E-state index in [1.165, 1.54) is 12.2 Å². The minimum absolute atomic E-state index is 0. The molecule has 2 aromatic heterocycles. The maximum absolute atomic E-state index is 8.88. The molecule has 0 atom stereocenters. The second-order valence-corrected chi connectivity index (χ2v) is 12.6. The van der Waals surface area contributed by atoms with Gasteiger partial charge in [0.1, 0.15) is 11.0 Å². The number of aryl methyl sites for hydroxylation is 4. The third-order valence-corrected chi connectivity index (χ3v) is 8.15. The molecule has 0 unspecified atom stereocenters. The summed E-state index contributed by atoms with van der Waals surface area (Å²) in [4.78, 5) is 16.7. The van der Waals surface area contributed by atoms with Gasteiger partial charge in [0.2, 0.25) is 11.9 Å². The molecule has 0 spiro atoms. The lowest BCUT2D eigenvalue weighted by molar-refractivity contribution is 1.16. The summed E-state index contributed by atoms with van der Waals surface area (Å²) in [5.74, 6) is 1.55. The summed E-state index contributed by atoms with van der Waals surface area (Å²) in [5, 5.41) is 44.4. The zero-order chi connectivity index (χ0) is 41.2. The number of rotatable bonds is 8. The zero-order valence-corrected chi connectivity index (χ0v) is 33.6. The van der Waals surface area contributed by atoms with Gasteiger partial charge in [-0.3, -0.25) is 0 Å². The Hall–Kier alpha value is -7.74. The molecule has 0 saturated carbocycles. The summed E-state index contributed by atoms with van der Waals surface area (Å²) in [5.41, 5.74) is 16.6. The molecule has 0 aliphatic heterocycles. The molecule has 12 nitrogen and oxygen atoms in total. The molecular formula is C45H42Cl2N12. The van der Waals surface area contributed by atoms with Crippen molar-refractivity contribution in [3.05, 3.63) is 159 Å². The summed E-state index contributed by atoms with van der Waals surface area (Å²) in [6.45, 7) is 7.95. The second kappa shape index (κ2) is 24.0. The Morgan fingerprint density at radius 2 is 1.02 bits per heavy atom. The van der Waals surface area contributed by atoms with Crippen LogP contribution in [-0.4, -0.2) is 19.9 Å². The van der Waals surface area contributed by atoms with Crippen molar-refractivity contribution in [3.63, 3.8) is 0 Å². The van der Waals surface area contributed by atoms with Gasteiger partial charge >= 0.3 is 0 Å². The second-order valence-electron chi connectivity index (χ2n) is 12.2. The van der Waals surface area contributed by atoms with Crippen LogP contribution in [0.1, 0.15) is 51.9 Å². The van der Waals surface area contributed by atoms with Crippen LogP contribution in [-0.2, 0) is 0 Å². The monoisotopic (exact) mass is 820 g/mol. The highest BCUT2D eigenvalue weighted by Crippen LogP contribution is 2.27. The normalized spacial score (nSPS) is 9.71. The number of nitrogen functional groups attached to an aromatic ring is 1. The van der Waals surface area contributed by atoms with Gasteiger partial charge < -0.3 is 21.7 Å². The van der Waals surface area contributed by atoms with E-state index in [9.17, 15) is 0 Å². The summed E-state index contributed by atoms with van der Waals surface area (Å²) in [7, 11) is 0. The predicted octanol–water partition coefficient (Wildman–Crippen LogP) is 11.2. The van der Waals surface area contributed by atoms with E-state index in [1.807, 2.05) is 82.3 Å². The highest BCUT2D eigenvalue weighted by atomic mass is 35.5. The van der Waals surface area contributed by atoms with Crippen LogP contribution >= 0.6 is 24.0 Å². The summed E-state index contributed by atoms with van der Waals surface area (Å²) in [6, 6.07) is 33.5. The van der Waals surface area contributed by atoms with Crippen LogP contribution < -0.4 is 21.7 Å². The number of benzene rings is 4. The molecule has 0 bridgehead atoms. The maximum atomic E-state index is 8.88. The van der Waals surface area contributed by atoms with Crippen LogP contribution in [0.2, 0.25) is 5.15 Å². The van der Waals surface area contributed by atoms with Crippen molar-refractivity contribution in [3.8, 4) is 24.3 Å². The molecule has 0 radical (unpaired) electrons. The van der Waals surface area contributed by atoms with E-state index in [0.717, 1.165) is 56.1 Å². The Bertz CT molecular complexity index is 2510.